The molecule has 1 atom stereocenters. The van der Waals surface area contributed by atoms with E-state index in [-0.39, 0.29) is 11.3 Å². The summed E-state index contributed by atoms with van der Waals surface area (Å²) in [6, 6.07) is 2.30. The van der Waals surface area contributed by atoms with Crippen molar-refractivity contribution in [3.63, 3.8) is 0 Å². The molecule has 0 saturated heterocycles. The first-order valence-electron chi connectivity index (χ1n) is 8.29. The van der Waals surface area contributed by atoms with E-state index in [0.717, 1.165) is 19.3 Å². The number of carbonyl (C=O) groups is 1. The monoisotopic (exact) mass is 350 g/mol. The molecule has 1 aromatic rings. The number of amides is 1. The van der Waals surface area contributed by atoms with Gasteiger partial charge in [-0.25, -0.2) is 4.68 Å². The van der Waals surface area contributed by atoms with Gasteiger partial charge >= 0.3 is 0 Å². The van der Waals surface area contributed by atoms with Crippen molar-refractivity contribution >= 4 is 17.7 Å². The highest BCUT2D eigenvalue weighted by molar-refractivity contribution is 8.00. The van der Waals surface area contributed by atoms with E-state index in [9.17, 15) is 10.1 Å². The van der Waals surface area contributed by atoms with Crippen molar-refractivity contribution in [3.8, 4) is 6.07 Å². The summed E-state index contributed by atoms with van der Waals surface area (Å²) in [5, 5.41) is 20.7. The molecule has 1 aromatic heterocycles. The molecular formula is C16H26N6OS. The van der Waals surface area contributed by atoms with Crippen LogP contribution in [0.4, 0.5) is 0 Å². The van der Waals surface area contributed by atoms with Gasteiger partial charge in [0.05, 0.1) is 11.3 Å². The Balaban J connectivity index is 2.04. The number of carbonyl (C=O) groups excluding carboxylic acids is 1. The van der Waals surface area contributed by atoms with E-state index in [2.05, 4.69) is 21.6 Å². The minimum absolute atomic E-state index is 0.163. The molecule has 1 unspecified atom stereocenters. The van der Waals surface area contributed by atoms with Crippen LogP contribution in [0.2, 0.25) is 0 Å². The number of nitrogens with two attached hydrogens (primary N) is 1. The molecule has 1 aliphatic rings. The second-order valence-corrected chi connectivity index (χ2v) is 8.74. The fourth-order valence-corrected chi connectivity index (χ4v) is 3.61. The van der Waals surface area contributed by atoms with Crippen LogP contribution in [0.5, 0.6) is 0 Å². The van der Waals surface area contributed by atoms with Gasteiger partial charge in [-0.1, -0.05) is 51.8 Å². The van der Waals surface area contributed by atoms with E-state index in [4.69, 9.17) is 5.84 Å². The number of nitrogens with one attached hydrogen (secondary N) is 1. The maximum Gasteiger partial charge on any atom is 0.234 e. The first-order valence-corrected chi connectivity index (χ1v) is 9.17. The van der Waals surface area contributed by atoms with Gasteiger partial charge in [0.15, 0.2) is 5.82 Å². The van der Waals surface area contributed by atoms with Gasteiger partial charge in [-0.15, -0.1) is 10.2 Å². The largest absolute Gasteiger partial charge is 0.337 e. The third-order valence-corrected chi connectivity index (χ3v) is 5.33. The van der Waals surface area contributed by atoms with Crippen LogP contribution in [0, 0.1) is 11.3 Å². The third kappa shape index (κ3) is 4.01. The Labute approximate surface area is 147 Å². The Bertz CT molecular complexity index is 636. The van der Waals surface area contributed by atoms with E-state index in [0.29, 0.717) is 23.8 Å². The second kappa shape index (κ2) is 7.01. The molecule has 0 bridgehead atoms. The summed E-state index contributed by atoms with van der Waals surface area (Å²) in [5.74, 6) is 6.56. The smallest absolute Gasteiger partial charge is 0.234 e. The number of aromatic nitrogens is 3. The first-order chi connectivity index (χ1) is 11.2. The molecule has 24 heavy (non-hydrogen) atoms. The van der Waals surface area contributed by atoms with Gasteiger partial charge in [0.1, 0.15) is 5.54 Å². The topological polar surface area (TPSA) is 110 Å². The number of nitriles is 1. The van der Waals surface area contributed by atoms with Crippen molar-refractivity contribution < 1.29 is 4.79 Å². The van der Waals surface area contributed by atoms with Crippen molar-refractivity contribution in [1.29, 1.82) is 5.26 Å². The average molecular weight is 350 g/mol. The molecule has 1 fully saturated rings. The number of nitrogen functional groups attached to an aromatic ring is 1. The molecule has 0 aliphatic heterocycles. The summed E-state index contributed by atoms with van der Waals surface area (Å²) in [6.45, 7) is 7.81. The van der Waals surface area contributed by atoms with E-state index in [1.807, 2.05) is 20.8 Å². The molecule has 8 heteroatoms. The van der Waals surface area contributed by atoms with E-state index in [1.165, 1.54) is 16.4 Å². The minimum atomic E-state index is -0.725. The Morgan fingerprint density at radius 3 is 2.50 bits per heavy atom. The molecule has 0 spiro atoms. The Morgan fingerprint density at radius 1 is 1.38 bits per heavy atom. The molecule has 0 aromatic carbocycles. The Morgan fingerprint density at radius 2 is 2.00 bits per heavy atom. The number of thioether (sulfide) groups is 1. The van der Waals surface area contributed by atoms with Gasteiger partial charge in [-0.3, -0.25) is 4.79 Å². The van der Waals surface area contributed by atoms with Crippen LogP contribution < -0.4 is 11.2 Å². The SMILES string of the molecule is CC(Sc1nnc(C(C)(C)C)n1N)C(=O)NC1(C#N)CCCCC1. The minimum Gasteiger partial charge on any atom is -0.337 e. The molecular weight excluding hydrogens is 324 g/mol. The molecule has 7 nitrogen and oxygen atoms in total. The molecule has 1 aliphatic carbocycles. The molecule has 0 radical (unpaired) electrons. The quantitative estimate of drug-likeness (QED) is 0.636. The summed E-state index contributed by atoms with van der Waals surface area (Å²) < 4.78 is 1.44. The predicted octanol–water partition coefficient (Wildman–Crippen LogP) is 2.11. The number of hydrogen-bond donors (Lipinski definition) is 2. The van der Waals surface area contributed by atoms with Crippen LogP contribution in [0.1, 0.15) is 65.6 Å². The van der Waals surface area contributed by atoms with Crippen LogP contribution in [0.25, 0.3) is 0 Å². The van der Waals surface area contributed by atoms with E-state index in [1.54, 1.807) is 6.92 Å². The highest BCUT2D eigenvalue weighted by atomic mass is 32.2. The van der Waals surface area contributed by atoms with Crippen molar-refractivity contribution in [2.24, 2.45) is 0 Å². The van der Waals surface area contributed by atoms with Gasteiger partial charge < -0.3 is 11.2 Å². The van der Waals surface area contributed by atoms with Crippen molar-refractivity contribution in [2.75, 3.05) is 5.84 Å². The van der Waals surface area contributed by atoms with Crippen molar-refractivity contribution in [3.05, 3.63) is 5.82 Å². The summed E-state index contributed by atoms with van der Waals surface area (Å²) in [4.78, 5) is 12.5. The van der Waals surface area contributed by atoms with Crippen molar-refractivity contribution in [1.82, 2.24) is 20.2 Å². The molecule has 2 rings (SSSR count). The maximum atomic E-state index is 12.5. The summed E-state index contributed by atoms with van der Waals surface area (Å²) in [7, 11) is 0. The molecule has 1 saturated carbocycles. The zero-order valence-electron chi connectivity index (χ0n) is 14.8. The zero-order chi connectivity index (χ0) is 18.0. The van der Waals surface area contributed by atoms with Crippen LogP contribution in [0.3, 0.4) is 0 Å². The summed E-state index contributed by atoms with van der Waals surface area (Å²) in [5.41, 5.74) is -0.948. The zero-order valence-corrected chi connectivity index (χ0v) is 15.6. The van der Waals surface area contributed by atoms with Gasteiger partial charge in [0.2, 0.25) is 11.1 Å². The lowest BCUT2D eigenvalue weighted by atomic mass is 9.83. The van der Waals surface area contributed by atoms with Gasteiger partial charge in [0, 0.05) is 5.41 Å². The fraction of sp³-hybridized carbons (Fsp3) is 0.750. The second-order valence-electron chi connectivity index (χ2n) is 7.43. The highest BCUT2D eigenvalue weighted by Crippen LogP contribution is 2.29. The first kappa shape index (κ1) is 18.6. The Kier molecular flexibility index (Phi) is 5.43. The highest BCUT2D eigenvalue weighted by Gasteiger charge is 2.35. The lowest BCUT2D eigenvalue weighted by Gasteiger charge is -2.32. The van der Waals surface area contributed by atoms with Gasteiger partial charge in [0.25, 0.3) is 0 Å². The Hall–Kier alpha value is -1.75. The van der Waals surface area contributed by atoms with E-state index >= 15 is 0 Å². The summed E-state index contributed by atoms with van der Waals surface area (Å²) in [6.07, 6.45) is 4.50. The fourth-order valence-electron chi connectivity index (χ4n) is 2.84. The third-order valence-electron chi connectivity index (χ3n) is 4.27. The number of rotatable bonds is 4. The lowest BCUT2D eigenvalue weighted by Crippen LogP contribution is -2.51. The van der Waals surface area contributed by atoms with Gasteiger partial charge in [-0.2, -0.15) is 5.26 Å². The molecule has 132 valence electrons. The van der Waals surface area contributed by atoms with Crippen LogP contribution in [0.15, 0.2) is 5.16 Å². The predicted molar refractivity (Wildman–Crippen MR) is 93.8 cm³/mol. The van der Waals surface area contributed by atoms with Gasteiger partial charge in [-0.05, 0) is 19.8 Å². The summed E-state index contributed by atoms with van der Waals surface area (Å²) >= 11 is 1.26. The molecule has 3 N–H and O–H groups in total. The lowest BCUT2D eigenvalue weighted by molar-refractivity contribution is -0.121. The van der Waals surface area contributed by atoms with E-state index < -0.39 is 10.8 Å². The van der Waals surface area contributed by atoms with Crippen LogP contribution in [-0.2, 0) is 10.2 Å². The normalized spacial score (nSPS) is 18.6. The molecule has 1 heterocycles. The van der Waals surface area contributed by atoms with Crippen molar-refractivity contribution in [2.45, 2.75) is 81.2 Å². The molecule has 1 amide bonds. The standard InChI is InChI=1S/C16H26N6OS/c1-11(12(23)19-16(10-17)8-6-5-7-9-16)24-14-21-20-13(22(14)18)15(2,3)4/h11H,5-9,18H2,1-4H3,(H,19,23). The number of nitrogens with zero attached hydrogens (tertiary/aromatic N) is 4. The van der Waals surface area contributed by atoms with Crippen LogP contribution in [-0.4, -0.2) is 31.6 Å². The van der Waals surface area contributed by atoms with Crippen LogP contribution >= 0.6 is 11.8 Å². The average Bonchev–Trinajstić information content (AvgIpc) is 2.89. The maximum absolute atomic E-state index is 12.5. The number of hydrogen-bond acceptors (Lipinski definition) is 6.